The van der Waals surface area contributed by atoms with Crippen LogP contribution in [-0.4, -0.2) is 38.3 Å². The van der Waals surface area contributed by atoms with Gasteiger partial charge in [-0.25, -0.2) is 12.8 Å². The molecule has 0 aliphatic heterocycles. The minimum absolute atomic E-state index is 0.0215. The van der Waals surface area contributed by atoms with Crippen LogP contribution in [0.2, 0.25) is 5.02 Å². The Hall–Kier alpha value is -2.16. The Balaban J connectivity index is 1.83. The fourth-order valence-corrected chi connectivity index (χ4v) is 5.98. The molecule has 1 aliphatic carbocycles. The van der Waals surface area contributed by atoms with Gasteiger partial charge in [-0.15, -0.1) is 0 Å². The second kappa shape index (κ2) is 10.6. The van der Waals surface area contributed by atoms with E-state index in [9.17, 15) is 17.6 Å². The van der Waals surface area contributed by atoms with Crippen molar-refractivity contribution in [3.8, 4) is 5.75 Å². The summed E-state index contributed by atoms with van der Waals surface area (Å²) >= 11 is 6.17. The summed E-state index contributed by atoms with van der Waals surface area (Å²) in [7, 11) is -2.51. The van der Waals surface area contributed by atoms with Gasteiger partial charge in [0.1, 0.15) is 11.6 Å². The van der Waals surface area contributed by atoms with Gasteiger partial charge in [0.25, 0.3) is 0 Å². The summed E-state index contributed by atoms with van der Waals surface area (Å²) in [5.74, 6) is -0.406. The van der Waals surface area contributed by atoms with Gasteiger partial charge in [0.2, 0.25) is 15.9 Å². The lowest BCUT2D eigenvalue weighted by Gasteiger charge is -2.33. The maximum Gasteiger partial charge on any atom is 0.243 e. The number of benzene rings is 2. The van der Waals surface area contributed by atoms with Gasteiger partial charge in [0.05, 0.1) is 29.6 Å². The second-order valence-electron chi connectivity index (χ2n) is 7.98. The number of sulfonamides is 1. The first kappa shape index (κ1) is 24.5. The van der Waals surface area contributed by atoms with E-state index >= 15 is 0 Å². The number of ether oxygens (including phenoxy) is 1. The van der Waals surface area contributed by atoms with E-state index in [0.29, 0.717) is 18.6 Å². The van der Waals surface area contributed by atoms with Crippen LogP contribution in [-0.2, 0) is 14.8 Å². The Labute approximate surface area is 193 Å². The number of methoxy groups -OCH3 is 1. The molecule has 0 heterocycles. The van der Waals surface area contributed by atoms with Crippen molar-refractivity contribution in [1.82, 2.24) is 9.62 Å². The lowest BCUT2D eigenvalue weighted by molar-refractivity contribution is -0.122. The van der Waals surface area contributed by atoms with E-state index < -0.39 is 22.0 Å². The van der Waals surface area contributed by atoms with Crippen molar-refractivity contribution >= 4 is 27.5 Å². The van der Waals surface area contributed by atoms with Gasteiger partial charge in [0, 0.05) is 6.04 Å². The molecule has 0 spiro atoms. The first-order chi connectivity index (χ1) is 15.2. The van der Waals surface area contributed by atoms with Crippen molar-refractivity contribution in [3.05, 3.63) is 58.9 Å². The average molecular weight is 483 g/mol. The third-order valence-electron chi connectivity index (χ3n) is 5.76. The highest BCUT2D eigenvalue weighted by Gasteiger charge is 2.34. The van der Waals surface area contributed by atoms with Crippen LogP contribution in [0.15, 0.2) is 47.4 Å². The summed E-state index contributed by atoms with van der Waals surface area (Å²) < 4.78 is 46.6. The van der Waals surface area contributed by atoms with Gasteiger partial charge in [-0.3, -0.25) is 4.79 Å². The molecule has 0 bridgehead atoms. The minimum Gasteiger partial charge on any atom is -0.495 e. The summed E-state index contributed by atoms with van der Waals surface area (Å²) in [6.45, 7) is 1.47. The number of nitrogens with zero attached hydrogens (tertiary/aromatic N) is 1. The lowest BCUT2D eigenvalue weighted by Crippen LogP contribution is -2.47. The molecule has 1 amide bonds. The molecule has 1 saturated carbocycles. The molecule has 1 unspecified atom stereocenters. The highest BCUT2D eigenvalue weighted by Crippen LogP contribution is 2.32. The van der Waals surface area contributed by atoms with Crippen LogP contribution >= 0.6 is 11.6 Å². The third-order valence-corrected chi connectivity index (χ3v) is 7.95. The fourth-order valence-electron chi connectivity index (χ4n) is 3.99. The van der Waals surface area contributed by atoms with E-state index in [1.165, 1.54) is 41.7 Å². The molecule has 2 aromatic carbocycles. The number of carbonyl (C=O) groups excluding carboxylic acids is 1. The molecule has 32 heavy (non-hydrogen) atoms. The molecule has 1 N–H and O–H groups in total. The van der Waals surface area contributed by atoms with Crippen molar-refractivity contribution in [2.45, 2.75) is 56.0 Å². The topological polar surface area (TPSA) is 75.7 Å². The Bertz CT molecular complexity index is 1040. The predicted octanol–water partition coefficient (Wildman–Crippen LogP) is 4.69. The van der Waals surface area contributed by atoms with Gasteiger partial charge in [-0.05, 0) is 55.7 Å². The highest BCUT2D eigenvalue weighted by molar-refractivity contribution is 7.89. The van der Waals surface area contributed by atoms with Crippen LogP contribution in [0.3, 0.4) is 0 Å². The van der Waals surface area contributed by atoms with Crippen LogP contribution in [0, 0.1) is 5.82 Å². The Morgan fingerprint density at radius 2 is 1.84 bits per heavy atom. The number of carbonyl (C=O) groups is 1. The van der Waals surface area contributed by atoms with Crippen molar-refractivity contribution in [1.29, 1.82) is 0 Å². The number of hydrogen-bond acceptors (Lipinski definition) is 4. The third kappa shape index (κ3) is 5.79. The molecule has 0 saturated heterocycles. The Morgan fingerprint density at radius 1 is 1.19 bits per heavy atom. The molecular formula is C23H28ClFN2O4S. The van der Waals surface area contributed by atoms with Gasteiger partial charge in [-0.1, -0.05) is 43.0 Å². The van der Waals surface area contributed by atoms with E-state index in [4.69, 9.17) is 16.3 Å². The van der Waals surface area contributed by atoms with Gasteiger partial charge in [0.15, 0.2) is 0 Å². The zero-order chi connectivity index (χ0) is 23.3. The van der Waals surface area contributed by atoms with Crippen molar-refractivity contribution in [2.24, 2.45) is 0 Å². The second-order valence-corrected chi connectivity index (χ2v) is 10.3. The predicted molar refractivity (Wildman–Crippen MR) is 122 cm³/mol. The number of amides is 1. The number of rotatable bonds is 8. The summed E-state index contributed by atoms with van der Waals surface area (Å²) in [6.07, 6.45) is 4.27. The Kier molecular flexibility index (Phi) is 8.14. The number of halogens is 2. The SMILES string of the molecule is COc1ccc(S(=O)(=O)N(CC(=O)NC(C)c2ccc(F)cc2)C2CCCCC2)cc1Cl. The zero-order valence-corrected chi connectivity index (χ0v) is 19.8. The van der Waals surface area contributed by atoms with E-state index in [0.717, 1.165) is 24.8 Å². The van der Waals surface area contributed by atoms with E-state index in [2.05, 4.69) is 5.32 Å². The summed E-state index contributed by atoms with van der Waals surface area (Å²) in [5, 5.41) is 3.01. The van der Waals surface area contributed by atoms with E-state index in [-0.39, 0.29) is 28.3 Å². The largest absolute Gasteiger partial charge is 0.495 e. The highest BCUT2D eigenvalue weighted by atomic mass is 35.5. The smallest absolute Gasteiger partial charge is 0.243 e. The monoisotopic (exact) mass is 482 g/mol. The number of nitrogens with one attached hydrogen (secondary N) is 1. The Morgan fingerprint density at radius 3 is 2.44 bits per heavy atom. The molecule has 0 aromatic heterocycles. The molecule has 2 aromatic rings. The molecule has 6 nitrogen and oxygen atoms in total. The van der Waals surface area contributed by atoms with Crippen LogP contribution in [0.25, 0.3) is 0 Å². The first-order valence-corrected chi connectivity index (χ1v) is 12.4. The maximum absolute atomic E-state index is 13.5. The first-order valence-electron chi connectivity index (χ1n) is 10.6. The molecule has 1 fully saturated rings. The standard InChI is InChI=1S/C23H28ClFN2O4S/c1-16(17-8-10-18(25)11-9-17)26-23(28)15-27(19-6-4-3-5-7-19)32(29,30)20-12-13-22(31-2)21(24)14-20/h8-14,16,19H,3-7,15H2,1-2H3,(H,26,28). The molecule has 9 heteroatoms. The van der Waals surface area contributed by atoms with Gasteiger partial charge < -0.3 is 10.1 Å². The quantitative estimate of drug-likeness (QED) is 0.592. The normalized spacial score (nSPS) is 16.0. The summed E-state index contributed by atoms with van der Waals surface area (Å²) in [4.78, 5) is 12.9. The molecule has 174 valence electrons. The number of hydrogen-bond donors (Lipinski definition) is 1. The van der Waals surface area contributed by atoms with Gasteiger partial charge in [-0.2, -0.15) is 4.31 Å². The average Bonchev–Trinajstić information content (AvgIpc) is 2.78. The van der Waals surface area contributed by atoms with Crippen LogP contribution < -0.4 is 10.1 Å². The summed E-state index contributed by atoms with van der Waals surface area (Å²) in [5.41, 5.74) is 0.730. The molecular weight excluding hydrogens is 455 g/mol. The molecule has 0 radical (unpaired) electrons. The van der Waals surface area contributed by atoms with Crippen LogP contribution in [0.4, 0.5) is 4.39 Å². The molecule has 3 rings (SSSR count). The lowest BCUT2D eigenvalue weighted by atomic mass is 9.95. The molecule has 1 atom stereocenters. The van der Waals surface area contributed by atoms with Crippen LogP contribution in [0.5, 0.6) is 5.75 Å². The summed E-state index contributed by atoms with van der Waals surface area (Å²) in [6, 6.07) is 9.47. The maximum atomic E-state index is 13.5. The zero-order valence-electron chi connectivity index (χ0n) is 18.2. The molecule has 1 aliphatic rings. The van der Waals surface area contributed by atoms with Crippen molar-refractivity contribution in [2.75, 3.05) is 13.7 Å². The van der Waals surface area contributed by atoms with Crippen molar-refractivity contribution in [3.63, 3.8) is 0 Å². The van der Waals surface area contributed by atoms with Gasteiger partial charge >= 0.3 is 0 Å². The van der Waals surface area contributed by atoms with E-state index in [1.54, 1.807) is 19.1 Å². The minimum atomic E-state index is -3.97. The van der Waals surface area contributed by atoms with Crippen molar-refractivity contribution < 1.29 is 22.3 Å². The van der Waals surface area contributed by atoms with Crippen LogP contribution in [0.1, 0.15) is 50.6 Å². The fraction of sp³-hybridized carbons (Fsp3) is 0.435. The van der Waals surface area contributed by atoms with E-state index in [1.807, 2.05) is 0 Å².